The van der Waals surface area contributed by atoms with Crippen molar-refractivity contribution in [1.82, 2.24) is 9.55 Å². The van der Waals surface area contributed by atoms with E-state index < -0.39 is 0 Å². The second-order valence-corrected chi connectivity index (χ2v) is 2.91. The van der Waals surface area contributed by atoms with Crippen LogP contribution in [0.25, 0.3) is 0 Å². The summed E-state index contributed by atoms with van der Waals surface area (Å²) in [6, 6.07) is 0. The number of nitrogens with two attached hydrogens (primary N) is 1. The van der Waals surface area contributed by atoms with Crippen LogP contribution in [0.3, 0.4) is 0 Å². The average Bonchev–Trinajstić information content (AvgIpc) is 2.31. The SMILES string of the molecule is Cc1nccn1CCC(N)=S. The number of thiocarbonyl (C=S) groups is 1. The average molecular weight is 169 g/mol. The standard InChI is InChI=1S/C7H11N3S/c1-6-9-3-5-10(6)4-2-7(8)11/h3,5H,2,4H2,1H3,(H2,8,11). The van der Waals surface area contributed by atoms with Gasteiger partial charge in [0.1, 0.15) is 5.82 Å². The van der Waals surface area contributed by atoms with Gasteiger partial charge in [-0.15, -0.1) is 0 Å². The molecule has 0 saturated carbocycles. The predicted molar refractivity (Wildman–Crippen MR) is 48.4 cm³/mol. The Kier molecular flexibility index (Phi) is 2.59. The molecule has 0 amide bonds. The van der Waals surface area contributed by atoms with Gasteiger partial charge in [0.05, 0.1) is 4.99 Å². The van der Waals surface area contributed by atoms with Crippen molar-refractivity contribution in [3.63, 3.8) is 0 Å². The van der Waals surface area contributed by atoms with Gasteiger partial charge < -0.3 is 10.3 Å². The molecule has 1 aromatic rings. The van der Waals surface area contributed by atoms with E-state index in [-0.39, 0.29) is 0 Å². The molecule has 11 heavy (non-hydrogen) atoms. The molecule has 0 bridgehead atoms. The lowest BCUT2D eigenvalue weighted by Crippen LogP contribution is -2.11. The van der Waals surface area contributed by atoms with E-state index in [1.807, 2.05) is 17.7 Å². The highest BCUT2D eigenvalue weighted by atomic mass is 32.1. The minimum absolute atomic E-state index is 0.554. The number of aryl methyl sites for hydroxylation is 2. The molecule has 60 valence electrons. The van der Waals surface area contributed by atoms with Crippen LogP contribution in [-0.4, -0.2) is 14.5 Å². The van der Waals surface area contributed by atoms with Gasteiger partial charge in [0.15, 0.2) is 0 Å². The van der Waals surface area contributed by atoms with E-state index in [1.165, 1.54) is 0 Å². The summed E-state index contributed by atoms with van der Waals surface area (Å²) in [6.07, 6.45) is 4.44. The predicted octanol–water partition coefficient (Wildman–Crippen LogP) is 0.868. The molecule has 0 radical (unpaired) electrons. The number of rotatable bonds is 3. The minimum atomic E-state index is 0.554. The van der Waals surface area contributed by atoms with Crippen molar-refractivity contribution in [3.05, 3.63) is 18.2 Å². The quantitative estimate of drug-likeness (QED) is 0.683. The Bertz CT molecular complexity index is 254. The van der Waals surface area contributed by atoms with Gasteiger partial charge >= 0.3 is 0 Å². The molecule has 0 saturated heterocycles. The third kappa shape index (κ3) is 2.31. The molecular formula is C7H11N3S. The fourth-order valence-corrected chi connectivity index (χ4v) is 0.962. The van der Waals surface area contributed by atoms with E-state index >= 15 is 0 Å². The zero-order chi connectivity index (χ0) is 8.27. The van der Waals surface area contributed by atoms with Crippen molar-refractivity contribution in [2.24, 2.45) is 5.73 Å². The van der Waals surface area contributed by atoms with E-state index in [0.717, 1.165) is 18.8 Å². The first-order valence-corrected chi connectivity index (χ1v) is 3.87. The van der Waals surface area contributed by atoms with Gasteiger partial charge in [-0.25, -0.2) is 4.98 Å². The van der Waals surface area contributed by atoms with Crippen molar-refractivity contribution >= 4 is 17.2 Å². The molecule has 3 nitrogen and oxygen atoms in total. The van der Waals surface area contributed by atoms with Crippen LogP contribution in [0.4, 0.5) is 0 Å². The summed E-state index contributed by atoms with van der Waals surface area (Å²) in [4.78, 5) is 4.63. The van der Waals surface area contributed by atoms with Crippen molar-refractivity contribution in [1.29, 1.82) is 0 Å². The fraction of sp³-hybridized carbons (Fsp3) is 0.429. The largest absolute Gasteiger partial charge is 0.393 e. The highest BCUT2D eigenvalue weighted by Crippen LogP contribution is 1.96. The summed E-state index contributed by atoms with van der Waals surface area (Å²) in [5.74, 6) is 1.00. The van der Waals surface area contributed by atoms with Gasteiger partial charge in [-0.3, -0.25) is 0 Å². The van der Waals surface area contributed by atoms with Crippen LogP contribution < -0.4 is 5.73 Å². The molecule has 0 unspecified atom stereocenters. The van der Waals surface area contributed by atoms with Gasteiger partial charge in [-0.05, 0) is 6.92 Å². The molecule has 1 aromatic heterocycles. The zero-order valence-corrected chi connectivity index (χ0v) is 7.27. The molecule has 1 rings (SSSR count). The summed E-state index contributed by atoms with van der Waals surface area (Å²) in [6.45, 7) is 2.79. The molecule has 0 aliphatic carbocycles. The maximum atomic E-state index is 5.36. The summed E-state index contributed by atoms with van der Waals surface area (Å²) in [7, 11) is 0. The number of hydrogen-bond donors (Lipinski definition) is 1. The van der Waals surface area contributed by atoms with Crippen molar-refractivity contribution < 1.29 is 0 Å². The first-order chi connectivity index (χ1) is 5.20. The maximum absolute atomic E-state index is 5.36. The second-order valence-electron chi connectivity index (χ2n) is 2.38. The van der Waals surface area contributed by atoms with Gasteiger partial charge in [0.2, 0.25) is 0 Å². The van der Waals surface area contributed by atoms with E-state index in [9.17, 15) is 0 Å². The van der Waals surface area contributed by atoms with E-state index in [1.54, 1.807) is 6.20 Å². The maximum Gasteiger partial charge on any atom is 0.105 e. The Hall–Kier alpha value is -0.900. The van der Waals surface area contributed by atoms with Crippen LogP contribution in [0.1, 0.15) is 12.2 Å². The van der Waals surface area contributed by atoms with Crippen molar-refractivity contribution in [3.8, 4) is 0 Å². The number of imidazole rings is 1. The summed E-state index contributed by atoms with van der Waals surface area (Å²) in [5, 5.41) is 0. The molecule has 0 aliphatic rings. The van der Waals surface area contributed by atoms with E-state index in [4.69, 9.17) is 18.0 Å². The van der Waals surface area contributed by atoms with Gasteiger partial charge in [-0.1, -0.05) is 12.2 Å². The van der Waals surface area contributed by atoms with Crippen LogP contribution in [0, 0.1) is 6.92 Å². The topological polar surface area (TPSA) is 43.8 Å². The van der Waals surface area contributed by atoms with Crippen LogP contribution in [0.5, 0.6) is 0 Å². The molecule has 0 aromatic carbocycles. The zero-order valence-electron chi connectivity index (χ0n) is 6.45. The Morgan fingerprint density at radius 3 is 3.00 bits per heavy atom. The fourth-order valence-electron chi connectivity index (χ4n) is 0.871. The smallest absolute Gasteiger partial charge is 0.105 e. The molecule has 0 spiro atoms. The first kappa shape index (κ1) is 8.20. The molecule has 4 heteroatoms. The van der Waals surface area contributed by atoms with Gasteiger partial charge in [0.25, 0.3) is 0 Å². The highest BCUT2D eigenvalue weighted by Gasteiger charge is 1.96. The Morgan fingerprint density at radius 1 is 1.82 bits per heavy atom. The number of nitrogens with zero attached hydrogens (tertiary/aromatic N) is 2. The molecule has 0 atom stereocenters. The Labute approximate surface area is 71.2 Å². The van der Waals surface area contributed by atoms with E-state index in [2.05, 4.69) is 4.98 Å². The monoisotopic (exact) mass is 169 g/mol. The number of aromatic nitrogens is 2. The Balaban J connectivity index is 2.51. The van der Waals surface area contributed by atoms with Crippen LogP contribution in [0.15, 0.2) is 12.4 Å². The van der Waals surface area contributed by atoms with Crippen LogP contribution >= 0.6 is 12.2 Å². The Morgan fingerprint density at radius 2 is 2.55 bits per heavy atom. The molecule has 0 aliphatic heterocycles. The minimum Gasteiger partial charge on any atom is -0.393 e. The molecule has 1 heterocycles. The number of hydrogen-bond acceptors (Lipinski definition) is 2. The lowest BCUT2D eigenvalue weighted by atomic mass is 10.4. The van der Waals surface area contributed by atoms with E-state index in [0.29, 0.717) is 4.99 Å². The summed E-state index contributed by atoms with van der Waals surface area (Å²) in [5.41, 5.74) is 5.36. The third-order valence-corrected chi connectivity index (χ3v) is 1.73. The van der Waals surface area contributed by atoms with Crippen LogP contribution in [0.2, 0.25) is 0 Å². The summed E-state index contributed by atoms with van der Waals surface area (Å²) >= 11 is 4.76. The van der Waals surface area contributed by atoms with Crippen molar-refractivity contribution in [2.45, 2.75) is 19.9 Å². The highest BCUT2D eigenvalue weighted by molar-refractivity contribution is 7.80. The van der Waals surface area contributed by atoms with Crippen LogP contribution in [-0.2, 0) is 6.54 Å². The first-order valence-electron chi connectivity index (χ1n) is 3.46. The lowest BCUT2D eigenvalue weighted by Gasteiger charge is -2.02. The summed E-state index contributed by atoms with van der Waals surface area (Å²) < 4.78 is 2.03. The molecule has 2 N–H and O–H groups in total. The molecule has 0 fully saturated rings. The van der Waals surface area contributed by atoms with Gasteiger partial charge in [0, 0.05) is 25.4 Å². The third-order valence-electron chi connectivity index (χ3n) is 1.52. The lowest BCUT2D eigenvalue weighted by molar-refractivity contribution is 0.699. The second kappa shape index (κ2) is 3.48. The molecular weight excluding hydrogens is 158 g/mol. The van der Waals surface area contributed by atoms with Crippen molar-refractivity contribution in [2.75, 3.05) is 0 Å². The normalized spacial score (nSPS) is 9.91. The van der Waals surface area contributed by atoms with Gasteiger partial charge in [-0.2, -0.15) is 0 Å².